The van der Waals surface area contributed by atoms with E-state index in [1.54, 1.807) is 29.7 Å². The summed E-state index contributed by atoms with van der Waals surface area (Å²) in [6.45, 7) is 0. The molecule has 0 unspecified atom stereocenters. The summed E-state index contributed by atoms with van der Waals surface area (Å²) in [5, 5.41) is 0.868. The van der Waals surface area contributed by atoms with E-state index in [1.165, 1.54) is 12.1 Å². The van der Waals surface area contributed by atoms with Crippen molar-refractivity contribution in [3.05, 3.63) is 84.9 Å². The SMILES string of the molecule is Fc1ccc(-c2nc(-c3ccccc3)c(-c3cccnc3)s2)cc1. The Kier molecular flexibility index (Phi) is 3.89. The molecule has 0 radical (unpaired) electrons. The van der Waals surface area contributed by atoms with E-state index in [0.29, 0.717) is 0 Å². The molecule has 4 aromatic rings. The first-order valence-corrected chi connectivity index (χ1v) is 8.35. The maximum absolute atomic E-state index is 13.2. The van der Waals surface area contributed by atoms with Gasteiger partial charge in [0.2, 0.25) is 0 Å². The van der Waals surface area contributed by atoms with Gasteiger partial charge in [0.1, 0.15) is 10.8 Å². The van der Waals surface area contributed by atoms with E-state index in [4.69, 9.17) is 4.98 Å². The van der Waals surface area contributed by atoms with Crippen molar-refractivity contribution in [3.63, 3.8) is 0 Å². The van der Waals surface area contributed by atoms with Crippen LogP contribution >= 0.6 is 11.3 Å². The molecule has 2 nitrogen and oxygen atoms in total. The van der Waals surface area contributed by atoms with Crippen LogP contribution in [0.3, 0.4) is 0 Å². The summed E-state index contributed by atoms with van der Waals surface area (Å²) in [5.41, 5.74) is 3.92. The molecule has 0 atom stereocenters. The molecular weight excluding hydrogens is 319 g/mol. The van der Waals surface area contributed by atoms with Crippen LogP contribution in [-0.4, -0.2) is 9.97 Å². The molecule has 0 saturated heterocycles. The van der Waals surface area contributed by atoms with E-state index in [2.05, 4.69) is 4.98 Å². The molecule has 24 heavy (non-hydrogen) atoms. The zero-order valence-corrected chi connectivity index (χ0v) is 13.5. The second-order valence-corrected chi connectivity index (χ2v) is 6.31. The van der Waals surface area contributed by atoms with Crippen LogP contribution in [0.25, 0.3) is 32.3 Å². The number of rotatable bonds is 3. The number of pyridine rings is 1. The number of benzene rings is 2. The smallest absolute Gasteiger partial charge is 0.124 e. The van der Waals surface area contributed by atoms with E-state index in [-0.39, 0.29) is 5.82 Å². The predicted octanol–water partition coefficient (Wildman–Crippen LogP) is 5.68. The Labute approximate surface area is 143 Å². The lowest BCUT2D eigenvalue weighted by atomic mass is 10.1. The van der Waals surface area contributed by atoms with Gasteiger partial charge in [-0.1, -0.05) is 36.4 Å². The zero-order chi connectivity index (χ0) is 16.4. The molecule has 0 amide bonds. The minimum absolute atomic E-state index is 0.244. The van der Waals surface area contributed by atoms with Gasteiger partial charge in [-0.25, -0.2) is 9.37 Å². The molecular formula is C20H13FN2S. The molecule has 0 bridgehead atoms. The van der Waals surface area contributed by atoms with Crippen LogP contribution in [0.4, 0.5) is 4.39 Å². The molecule has 0 N–H and O–H groups in total. The fourth-order valence-electron chi connectivity index (χ4n) is 2.52. The van der Waals surface area contributed by atoms with E-state index >= 15 is 0 Å². The quantitative estimate of drug-likeness (QED) is 0.482. The fraction of sp³-hybridized carbons (Fsp3) is 0. The van der Waals surface area contributed by atoms with Gasteiger partial charge >= 0.3 is 0 Å². The predicted molar refractivity (Wildman–Crippen MR) is 96.2 cm³/mol. The minimum atomic E-state index is -0.244. The lowest BCUT2D eigenvalue weighted by Crippen LogP contribution is -1.83. The second-order valence-electron chi connectivity index (χ2n) is 5.31. The highest BCUT2D eigenvalue weighted by Crippen LogP contribution is 2.40. The third kappa shape index (κ3) is 2.84. The lowest BCUT2D eigenvalue weighted by molar-refractivity contribution is 0.628. The molecule has 4 heteroatoms. The third-order valence-corrected chi connectivity index (χ3v) is 4.84. The minimum Gasteiger partial charge on any atom is -0.264 e. The first-order valence-electron chi connectivity index (χ1n) is 7.54. The number of aromatic nitrogens is 2. The van der Waals surface area contributed by atoms with Gasteiger partial charge in [-0.3, -0.25) is 4.98 Å². The largest absolute Gasteiger partial charge is 0.264 e. The van der Waals surface area contributed by atoms with E-state index < -0.39 is 0 Å². The van der Waals surface area contributed by atoms with Crippen LogP contribution in [0.5, 0.6) is 0 Å². The maximum atomic E-state index is 13.2. The van der Waals surface area contributed by atoms with Crippen molar-refractivity contribution in [2.45, 2.75) is 0 Å². The van der Waals surface area contributed by atoms with Crippen molar-refractivity contribution in [1.82, 2.24) is 9.97 Å². The molecule has 0 fully saturated rings. The molecule has 0 saturated carbocycles. The summed E-state index contributed by atoms with van der Waals surface area (Å²) in [7, 11) is 0. The Morgan fingerprint density at radius 2 is 1.50 bits per heavy atom. The number of nitrogens with zero attached hydrogens (tertiary/aromatic N) is 2. The molecule has 0 aliphatic carbocycles. The lowest BCUT2D eigenvalue weighted by Gasteiger charge is -2.01. The van der Waals surface area contributed by atoms with E-state index in [1.807, 2.05) is 48.7 Å². The first kappa shape index (κ1) is 14.7. The average Bonchev–Trinajstić information content (AvgIpc) is 3.09. The van der Waals surface area contributed by atoms with Gasteiger partial charge in [0.15, 0.2) is 0 Å². The van der Waals surface area contributed by atoms with Crippen molar-refractivity contribution in [2.24, 2.45) is 0 Å². The third-order valence-electron chi connectivity index (χ3n) is 3.69. The second kappa shape index (κ2) is 6.34. The van der Waals surface area contributed by atoms with Gasteiger partial charge in [0, 0.05) is 29.1 Å². The van der Waals surface area contributed by atoms with Gasteiger partial charge in [-0.2, -0.15) is 0 Å². The van der Waals surface area contributed by atoms with Crippen LogP contribution in [0.1, 0.15) is 0 Å². The monoisotopic (exact) mass is 332 g/mol. The summed E-state index contributed by atoms with van der Waals surface area (Å²) in [6, 6.07) is 20.5. The Morgan fingerprint density at radius 3 is 2.21 bits per heavy atom. The van der Waals surface area contributed by atoms with E-state index in [9.17, 15) is 4.39 Å². The molecule has 0 aliphatic heterocycles. The zero-order valence-electron chi connectivity index (χ0n) is 12.7. The summed E-state index contributed by atoms with van der Waals surface area (Å²) < 4.78 is 13.2. The van der Waals surface area contributed by atoms with Crippen LogP contribution < -0.4 is 0 Å². The van der Waals surface area contributed by atoms with Crippen LogP contribution in [0.15, 0.2) is 79.1 Å². The average molecular weight is 332 g/mol. The molecule has 2 aromatic carbocycles. The highest BCUT2D eigenvalue weighted by atomic mass is 32.1. The summed E-state index contributed by atoms with van der Waals surface area (Å²) >= 11 is 1.59. The van der Waals surface area contributed by atoms with Crippen LogP contribution in [0, 0.1) is 5.82 Å². The highest BCUT2D eigenvalue weighted by Gasteiger charge is 2.16. The summed E-state index contributed by atoms with van der Waals surface area (Å²) in [6.07, 6.45) is 3.60. The maximum Gasteiger partial charge on any atom is 0.124 e. The van der Waals surface area contributed by atoms with Gasteiger partial charge in [0.05, 0.1) is 10.6 Å². The van der Waals surface area contributed by atoms with Gasteiger partial charge in [-0.05, 0) is 30.3 Å². The Bertz CT molecular complexity index is 891. The van der Waals surface area contributed by atoms with Crippen molar-refractivity contribution >= 4 is 11.3 Å². The van der Waals surface area contributed by atoms with Crippen LogP contribution in [-0.2, 0) is 0 Å². The van der Waals surface area contributed by atoms with E-state index in [0.717, 1.165) is 32.3 Å². The molecule has 2 aromatic heterocycles. The van der Waals surface area contributed by atoms with Gasteiger partial charge in [-0.15, -0.1) is 11.3 Å². The Morgan fingerprint density at radius 1 is 0.750 bits per heavy atom. The molecule has 0 spiro atoms. The number of hydrogen-bond acceptors (Lipinski definition) is 3. The Hall–Kier alpha value is -2.85. The molecule has 116 valence electrons. The number of hydrogen-bond donors (Lipinski definition) is 0. The summed E-state index contributed by atoms with van der Waals surface area (Å²) in [4.78, 5) is 10.1. The number of thiazole rings is 1. The van der Waals surface area contributed by atoms with Crippen molar-refractivity contribution in [1.29, 1.82) is 0 Å². The van der Waals surface area contributed by atoms with Crippen molar-refractivity contribution < 1.29 is 4.39 Å². The number of halogens is 1. The van der Waals surface area contributed by atoms with Crippen molar-refractivity contribution in [3.8, 4) is 32.3 Å². The van der Waals surface area contributed by atoms with Crippen LogP contribution in [0.2, 0.25) is 0 Å². The topological polar surface area (TPSA) is 25.8 Å². The first-order chi connectivity index (χ1) is 11.8. The highest BCUT2D eigenvalue weighted by molar-refractivity contribution is 7.19. The molecule has 4 rings (SSSR count). The van der Waals surface area contributed by atoms with Crippen molar-refractivity contribution in [2.75, 3.05) is 0 Å². The summed E-state index contributed by atoms with van der Waals surface area (Å²) in [5.74, 6) is -0.244. The normalized spacial score (nSPS) is 10.7. The standard InChI is InChI=1S/C20H13FN2S/c21-17-10-8-15(9-11-17)20-23-18(14-5-2-1-3-6-14)19(24-20)16-7-4-12-22-13-16/h1-13H. The Balaban J connectivity index is 1.89. The fourth-order valence-corrected chi connectivity index (χ4v) is 3.60. The molecule has 0 aliphatic rings. The van der Waals surface area contributed by atoms with Gasteiger partial charge < -0.3 is 0 Å². The molecule has 2 heterocycles. The van der Waals surface area contributed by atoms with Gasteiger partial charge in [0.25, 0.3) is 0 Å².